The number of aromatic nitrogens is 4. The van der Waals surface area contributed by atoms with E-state index in [1.54, 1.807) is 23.8 Å². The van der Waals surface area contributed by atoms with E-state index >= 15 is 0 Å². The molecule has 192 valence electrons. The van der Waals surface area contributed by atoms with Gasteiger partial charge in [0.1, 0.15) is 6.26 Å². The van der Waals surface area contributed by atoms with Gasteiger partial charge >= 0.3 is 21.1 Å². The second-order valence-electron chi connectivity index (χ2n) is 9.19. The average molecular weight is 714 g/mol. The summed E-state index contributed by atoms with van der Waals surface area (Å²) < 4.78 is 8.81. The maximum Gasteiger partial charge on any atom is 2.00 e. The number of benzene rings is 4. The zero-order valence-electron chi connectivity index (χ0n) is 20.8. The number of nitrogens with zero attached hydrogens (tertiary/aromatic N) is 4. The monoisotopic (exact) mass is 713 g/mol. The normalized spacial score (nSPS) is 11.3. The third-order valence-corrected chi connectivity index (χ3v) is 7.91. The van der Waals surface area contributed by atoms with Gasteiger partial charge in [-0.1, -0.05) is 35.7 Å². The summed E-state index contributed by atoms with van der Waals surface area (Å²) in [7, 11) is 0. The Morgan fingerprint density at radius 2 is 1.68 bits per heavy atom. The van der Waals surface area contributed by atoms with E-state index in [0.29, 0.717) is 5.89 Å². The molecule has 0 radical (unpaired) electrons. The van der Waals surface area contributed by atoms with E-state index in [1.807, 2.05) is 42.6 Å². The molecule has 0 aliphatic carbocycles. The molecule has 4 aromatic carbocycles. The van der Waals surface area contributed by atoms with Crippen molar-refractivity contribution in [2.24, 2.45) is 0 Å². The van der Waals surface area contributed by atoms with Crippen molar-refractivity contribution in [1.29, 1.82) is 0 Å². The summed E-state index contributed by atoms with van der Waals surface area (Å²) in [4.78, 5) is 13.8. The maximum atomic E-state index is 5.48. The van der Waals surface area contributed by atoms with Crippen molar-refractivity contribution in [1.82, 2.24) is 19.5 Å². The Kier molecular flexibility index (Phi) is 6.15. The summed E-state index contributed by atoms with van der Waals surface area (Å²) in [6.45, 7) is 0. The number of para-hydroxylation sites is 1. The summed E-state index contributed by atoms with van der Waals surface area (Å²) in [5, 5.41) is 3.23. The van der Waals surface area contributed by atoms with Crippen molar-refractivity contribution < 1.29 is 25.5 Å². The summed E-state index contributed by atoms with van der Waals surface area (Å²) in [5.41, 5.74) is 7.65. The van der Waals surface area contributed by atoms with Gasteiger partial charge in [0, 0.05) is 27.0 Å². The van der Waals surface area contributed by atoms with Crippen molar-refractivity contribution in [3.05, 3.63) is 122 Å². The van der Waals surface area contributed by atoms with Gasteiger partial charge in [0.15, 0.2) is 0 Å². The molecule has 8 rings (SSSR count). The standard InChI is InChI=1S/C33H18N4OS.Pt/c1-2-10-29-25(8-1)26-13-11-23(33-36-28-19-22(12-14-31(28)39-33)32-35-16-17-38-32)20-30(26)37(29)24-7-5-6-21(18-24)27-9-3-4-15-34-27;/h1-17,19H;/q-2;+2. The Labute approximate surface area is 248 Å². The second-order valence-corrected chi connectivity index (χ2v) is 10.2. The van der Waals surface area contributed by atoms with E-state index in [0.717, 1.165) is 59.7 Å². The van der Waals surface area contributed by atoms with E-state index in [9.17, 15) is 0 Å². The molecule has 0 unspecified atom stereocenters. The van der Waals surface area contributed by atoms with Crippen LogP contribution in [0.2, 0.25) is 0 Å². The van der Waals surface area contributed by atoms with Gasteiger partial charge in [-0.05, 0) is 52.6 Å². The molecule has 40 heavy (non-hydrogen) atoms. The number of hydrogen-bond donors (Lipinski definition) is 0. The fraction of sp³-hybridized carbons (Fsp3) is 0. The molecule has 0 saturated carbocycles. The molecular formula is C33H18N4OPtS. The van der Waals surface area contributed by atoms with Gasteiger partial charge in [-0.3, -0.25) is 4.98 Å². The molecule has 0 fully saturated rings. The first-order valence-corrected chi connectivity index (χ1v) is 13.3. The molecule has 0 N–H and O–H groups in total. The van der Waals surface area contributed by atoms with Gasteiger partial charge in [0.2, 0.25) is 5.89 Å². The molecule has 0 bridgehead atoms. The summed E-state index contributed by atoms with van der Waals surface area (Å²) >= 11 is 1.65. The van der Waals surface area contributed by atoms with Crippen LogP contribution in [0.25, 0.3) is 71.0 Å². The minimum Gasteiger partial charge on any atom is -0.445 e. The first-order valence-electron chi connectivity index (χ1n) is 12.5. The summed E-state index contributed by atoms with van der Waals surface area (Å²) in [6.07, 6.45) is 5.04. The predicted octanol–water partition coefficient (Wildman–Crippen LogP) is 8.38. The van der Waals surface area contributed by atoms with Crippen LogP contribution in [0, 0.1) is 12.1 Å². The number of thiazole rings is 1. The average Bonchev–Trinajstić information content (AvgIpc) is 3.75. The summed E-state index contributed by atoms with van der Waals surface area (Å²) in [6, 6.07) is 38.3. The number of fused-ring (bicyclic) bond motifs is 4. The first-order chi connectivity index (χ1) is 19.3. The molecule has 0 aliphatic rings. The summed E-state index contributed by atoms with van der Waals surface area (Å²) in [5.74, 6) is 0.591. The van der Waals surface area contributed by atoms with Crippen LogP contribution in [-0.4, -0.2) is 19.5 Å². The first kappa shape index (κ1) is 24.6. The SMILES string of the molecule is [Pt+2].[c-]1c(-c2ccccn2)cccc1-n1c2[c-]c(-c3nc4cc(-c5ncco5)ccc4s3)ccc2c2ccccc21. The third-order valence-electron chi connectivity index (χ3n) is 6.84. The van der Waals surface area contributed by atoms with Gasteiger partial charge in [-0.25, -0.2) is 4.98 Å². The van der Waals surface area contributed by atoms with Gasteiger partial charge in [-0.2, -0.15) is 11.3 Å². The van der Waals surface area contributed by atoms with Crippen LogP contribution in [-0.2, 0) is 21.1 Å². The molecule has 5 nitrogen and oxygen atoms in total. The number of hydrogen-bond acceptors (Lipinski definition) is 5. The quantitative estimate of drug-likeness (QED) is 0.172. The zero-order valence-corrected chi connectivity index (χ0v) is 23.9. The van der Waals surface area contributed by atoms with E-state index in [4.69, 9.17) is 9.40 Å². The van der Waals surface area contributed by atoms with E-state index in [1.165, 1.54) is 5.39 Å². The fourth-order valence-electron chi connectivity index (χ4n) is 5.07. The van der Waals surface area contributed by atoms with Crippen molar-refractivity contribution >= 4 is 43.4 Å². The Bertz CT molecular complexity index is 2130. The number of pyridine rings is 1. The minimum atomic E-state index is 0. The molecule has 4 aromatic heterocycles. The van der Waals surface area contributed by atoms with Crippen molar-refractivity contribution in [3.63, 3.8) is 0 Å². The van der Waals surface area contributed by atoms with Crippen LogP contribution >= 0.6 is 11.3 Å². The molecule has 7 heteroatoms. The van der Waals surface area contributed by atoms with E-state index in [-0.39, 0.29) is 21.1 Å². The van der Waals surface area contributed by atoms with Gasteiger partial charge in [0.05, 0.1) is 11.7 Å². The Balaban J connectivity index is 0.00000264. The van der Waals surface area contributed by atoms with Crippen molar-refractivity contribution in [2.45, 2.75) is 0 Å². The molecule has 0 atom stereocenters. The molecule has 0 saturated heterocycles. The minimum absolute atomic E-state index is 0. The maximum absolute atomic E-state index is 5.48. The smallest absolute Gasteiger partial charge is 0.445 e. The largest absolute Gasteiger partial charge is 2.00 e. The van der Waals surface area contributed by atoms with Crippen LogP contribution < -0.4 is 0 Å². The molecular weight excluding hydrogens is 696 g/mol. The Morgan fingerprint density at radius 3 is 2.55 bits per heavy atom. The molecule has 8 aromatic rings. The molecule has 0 spiro atoms. The van der Waals surface area contributed by atoms with Crippen LogP contribution in [0.3, 0.4) is 0 Å². The number of rotatable bonds is 4. The fourth-order valence-corrected chi connectivity index (χ4v) is 5.99. The Hall–Kier alpha value is -4.38. The van der Waals surface area contributed by atoms with Crippen molar-refractivity contribution in [2.75, 3.05) is 0 Å². The molecule has 0 amide bonds. The van der Waals surface area contributed by atoms with E-state index in [2.05, 4.69) is 81.3 Å². The van der Waals surface area contributed by atoms with Gasteiger partial charge in [-0.15, -0.1) is 53.6 Å². The van der Waals surface area contributed by atoms with Crippen LogP contribution in [0.15, 0.2) is 114 Å². The Morgan fingerprint density at radius 1 is 0.750 bits per heavy atom. The van der Waals surface area contributed by atoms with Crippen LogP contribution in [0.5, 0.6) is 0 Å². The zero-order chi connectivity index (χ0) is 25.8. The molecule has 4 heterocycles. The van der Waals surface area contributed by atoms with Crippen molar-refractivity contribution in [3.8, 4) is 39.0 Å². The number of oxazole rings is 1. The topological polar surface area (TPSA) is 56.7 Å². The van der Waals surface area contributed by atoms with Gasteiger partial charge < -0.3 is 14.0 Å². The third kappa shape index (κ3) is 4.08. The van der Waals surface area contributed by atoms with Crippen LogP contribution in [0.1, 0.15) is 0 Å². The second kappa shape index (κ2) is 9.98. The van der Waals surface area contributed by atoms with Gasteiger partial charge in [0.25, 0.3) is 0 Å². The molecule has 0 aliphatic heterocycles. The van der Waals surface area contributed by atoms with Crippen LogP contribution in [0.4, 0.5) is 0 Å². The van der Waals surface area contributed by atoms with E-state index < -0.39 is 0 Å². The predicted molar refractivity (Wildman–Crippen MR) is 156 cm³/mol.